The van der Waals surface area contributed by atoms with E-state index in [1.807, 2.05) is 0 Å². The maximum atomic E-state index is 5.53. The lowest BCUT2D eigenvalue weighted by Gasteiger charge is -2.09. The maximum Gasteiger partial charge on any atom is 0.122 e. The first-order chi connectivity index (χ1) is 9.72. The van der Waals surface area contributed by atoms with Gasteiger partial charge in [0, 0.05) is 23.1 Å². The molecule has 0 spiro atoms. The Bertz CT molecular complexity index is 624. The number of halogens is 1. The van der Waals surface area contributed by atoms with Crippen LogP contribution in [0.5, 0.6) is 5.75 Å². The van der Waals surface area contributed by atoms with Crippen LogP contribution in [0.3, 0.4) is 0 Å². The van der Waals surface area contributed by atoms with Gasteiger partial charge in [-0.1, -0.05) is 34.1 Å². The van der Waals surface area contributed by atoms with Gasteiger partial charge in [-0.05, 0) is 48.2 Å². The number of rotatable bonds is 4. The lowest BCUT2D eigenvalue weighted by atomic mass is 10.1. The van der Waals surface area contributed by atoms with Gasteiger partial charge in [0.1, 0.15) is 5.75 Å². The summed E-state index contributed by atoms with van der Waals surface area (Å²) in [5, 5.41) is 3.47. The summed E-state index contributed by atoms with van der Waals surface area (Å²) in [6.07, 6.45) is 2.07. The molecule has 0 unspecified atom stereocenters. The molecular formula is C17H18BrNO. The molecule has 0 saturated heterocycles. The van der Waals surface area contributed by atoms with Crippen LogP contribution in [0, 0.1) is 6.92 Å². The van der Waals surface area contributed by atoms with Crippen LogP contribution in [0.1, 0.15) is 16.7 Å². The van der Waals surface area contributed by atoms with Gasteiger partial charge >= 0.3 is 0 Å². The molecule has 0 radical (unpaired) electrons. The second kappa shape index (κ2) is 5.88. The molecule has 2 aromatic rings. The van der Waals surface area contributed by atoms with Crippen LogP contribution < -0.4 is 10.1 Å². The number of anilines is 1. The van der Waals surface area contributed by atoms with Gasteiger partial charge in [-0.15, -0.1) is 0 Å². The molecule has 1 N–H and O–H groups in total. The van der Waals surface area contributed by atoms with E-state index in [4.69, 9.17) is 4.74 Å². The van der Waals surface area contributed by atoms with Crippen LogP contribution in [0.2, 0.25) is 0 Å². The van der Waals surface area contributed by atoms with Crippen LogP contribution in [-0.2, 0) is 12.8 Å². The van der Waals surface area contributed by atoms with E-state index >= 15 is 0 Å². The quantitative estimate of drug-likeness (QED) is 0.899. The number of hydrogen-bond acceptors (Lipinski definition) is 2. The lowest BCUT2D eigenvalue weighted by molar-refractivity contribution is 0.357. The van der Waals surface area contributed by atoms with Crippen LogP contribution in [0.15, 0.2) is 40.9 Å². The fraction of sp³-hybridized carbons (Fsp3) is 0.294. The molecule has 1 aliphatic heterocycles. The van der Waals surface area contributed by atoms with Crippen molar-refractivity contribution >= 4 is 21.6 Å². The molecule has 2 nitrogen and oxygen atoms in total. The summed E-state index contributed by atoms with van der Waals surface area (Å²) >= 11 is 3.56. The third-order valence-corrected chi connectivity index (χ3v) is 4.52. The SMILES string of the molecule is Cc1ccc(NCCc2ccc3c(c2)CCO3)cc1Br. The summed E-state index contributed by atoms with van der Waals surface area (Å²) in [6, 6.07) is 12.9. The van der Waals surface area contributed by atoms with Gasteiger partial charge in [0.15, 0.2) is 0 Å². The molecule has 104 valence electrons. The minimum absolute atomic E-state index is 0.828. The zero-order chi connectivity index (χ0) is 13.9. The van der Waals surface area contributed by atoms with Crippen molar-refractivity contribution in [1.82, 2.24) is 0 Å². The molecule has 0 atom stereocenters. The summed E-state index contributed by atoms with van der Waals surface area (Å²) < 4.78 is 6.68. The number of nitrogens with one attached hydrogen (secondary N) is 1. The standard InChI is InChI=1S/C17H18BrNO/c1-12-2-4-15(11-16(12)18)19-8-6-13-3-5-17-14(10-13)7-9-20-17/h2-5,10-11,19H,6-9H2,1H3. The molecule has 0 amide bonds. The van der Waals surface area contributed by atoms with E-state index in [1.165, 1.54) is 16.7 Å². The third-order valence-electron chi connectivity index (χ3n) is 3.67. The molecule has 0 fully saturated rings. The molecular weight excluding hydrogens is 314 g/mol. The van der Waals surface area contributed by atoms with E-state index in [2.05, 4.69) is 64.6 Å². The van der Waals surface area contributed by atoms with Crippen molar-refractivity contribution in [2.24, 2.45) is 0 Å². The predicted octanol–water partition coefficient (Wildman–Crippen LogP) is 4.35. The molecule has 3 rings (SSSR count). The Hall–Kier alpha value is -1.48. The van der Waals surface area contributed by atoms with E-state index in [0.29, 0.717) is 0 Å². The molecule has 1 heterocycles. The zero-order valence-corrected chi connectivity index (χ0v) is 13.2. The Labute approximate surface area is 128 Å². The van der Waals surface area contributed by atoms with E-state index < -0.39 is 0 Å². The van der Waals surface area contributed by atoms with Gasteiger partial charge < -0.3 is 10.1 Å². The molecule has 0 bridgehead atoms. The first kappa shape index (κ1) is 13.5. The van der Waals surface area contributed by atoms with E-state index in [1.54, 1.807) is 0 Å². The van der Waals surface area contributed by atoms with Crippen molar-refractivity contribution in [3.63, 3.8) is 0 Å². The molecule has 0 aromatic heterocycles. The van der Waals surface area contributed by atoms with Crippen molar-refractivity contribution in [2.45, 2.75) is 19.8 Å². The second-order valence-electron chi connectivity index (χ2n) is 5.18. The molecule has 1 aliphatic rings. The summed E-state index contributed by atoms with van der Waals surface area (Å²) in [5.74, 6) is 1.06. The highest BCUT2D eigenvalue weighted by molar-refractivity contribution is 9.10. The first-order valence-corrected chi connectivity index (χ1v) is 7.76. The first-order valence-electron chi connectivity index (χ1n) is 6.97. The third kappa shape index (κ3) is 2.98. The number of hydrogen-bond donors (Lipinski definition) is 1. The van der Waals surface area contributed by atoms with Gasteiger partial charge in [0.25, 0.3) is 0 Å². The van der Waals surface area contributed by atoms with Gasteiger partial charge in [-0.2, -0.15) is 0 Å². The topological polar surface area (TPSA) is 21.3 Å². The number of fused-ring (bicyclic) bond motifs is 1. The highest BCUT2D eigenvalue weighted by Gasteiger charge is 2.11. The van der Waals surface area contributed by atoms with Crippen molar-refractivity contribution in [3.05, 3.63) is 57.6 Å². The maximum absolute atomic E-state index is 5.53. The number of benzene rings is 2. The fourth-order valence-corrected chi connectivity index (χ4v) is 2.83. The van der Waals surface area contributed by atoms with Gasteiger partial charge in [-0.25, -0.2) is 0 Å². The highest BCUT2D eigenvalue weighted by atomic mass is 79.9. The summed E-state index contributed by atoms with van der Waals surface area (Å²) in [7, 11) is 0. The molecule has 0 saturated carbocycles. The normalized spacial score (nSPS) is 12.9. The zero-order valence-electron chi connectivity index (χ0n) is 11.6. The van der Waals surface area contributed by atoms with Gasteiger partial charge in [0.05, 0.1) is 6.61 Å². The molecule has 20 heavy (non-hydrogen) atoms. The van der Waals surface area contributed by atoms with Crippen LogP contribution in [-0.4, -0.2) is 13.2 Å². The smallest absolute Gasteiger partial charge is 0.122 e. The van der Waals surface area contributed by atoms with Gasteiger partial charge in [0.2, 0.25) is 0 Å². The number of ether oxygens (including phenoxy) is 1. The second-order valence-corrected chi connectivity index (χ2v) is 6.04. The Kier molecular flexibility index (Phi) is 3.97. The Morgan fingerprint density at radius 1 is 1.20 bits per heavy atom. The molecule has 2 aromatic carbocycles. The Morgan fingerprint density at radius 3 is 2.95 bits per heavy atom. The van der Waals surface area contributed by atoms with E-state index in [0.717, 1.165) is 41.9 Å². The minimum atomic E-state index is 0.828. The minimum Gasteiger partial charge on any atom is -0.493 e. The van der Waals surface area contributed by atoms with E-state index in [9.17, 15) is 0 Å². The number of aryl methyl sites for hydroxylation is 1. The van der Waals surface area contributed by atoms with E-state index in [-0.39, 0.29) is 0 Å². The molecule has 3 heteroatoms. The molecule has 0 aliphatic carbocycles. The van der Waals surface area contributed by atoms with Crippen molar-refractivity contribution in [1.29, 1.82) is 0 Å². The summed E-state index contributed by atoms with van der Waals surface area (Å²) in [6.45, 7) is 3.87. The van der Waals surface area contributed by atoms with Crippen LogP contribution >= 0.6 is 15.9 Å². The Balaban J connectivity index is 1.58. The van der Waals surface area contributed by atoms with Crippen LogP contribution in [0.25, 0.3) is 0 Å². The van der Waals surface area contributed by atoms with Gasteiger partial charge in [-0.3, -0.25) is 0 Å². The highest BCUT2D eigenvalue weighted by Crippen LogP contribution is 2.26. The average Bonchev–Trinajstić information content (AvgIpc) is 2.90. The fourth-order valence-electron chi connectivity index (χ4n) is 2.45. The van der Waals surface area contributed by atoms with Crippen molar-refractivity contribution in [3.8, 4) is 5.75 Å². The largest absolute Gasteiger partial charge is 0.493 e. The average molecular weight is 332 g/mol. The predicted molar refractivity (Wildman–Crippen MR) is 86.7 cm³/mol. The monoisotopic (exact) mass is 331 g/mol. The summed E-state index contributed by atoms with van der Waals surface area (Å²) in [4.78, 5) is 0. The van der Waals surface area contributed by atoms with Crippen molar-refractivity contribution < 1.29 is 4.74 Å². The van der Waals surface area contributed by atoms with Crippen LogP contribution in [0.4, 0.5) is 5.69 Å². The lowest BCUT2D eigenvalue weighted by Crippen LogP contribution is -2.05. The summed E-state index contributed by atoms with van der Waals surface area (Å²) in [5.41, 5.74) is 5.13. The van der Waals surface area contributed by atoms with Crippen molar-refractivity contribution in [2.75, 3.05) is 18.5 Å². The Morgan fingerprint density at radius 2 is 2.10 bits per heavy atom.